The first kappa shape index (κ1) is 28.5. The van der Waals surface area contributed by atoms with E-state index in [0.29, 0.717) is 12.1 Å². The van der Waals surface area contributed by atoms with Gasteiger partial charge in [0.05, 0.1) is 13.2 Å². The van der Waals surface area contributed by atoms with Crippen LogP contribution in [0.15, 0.2) is 24.3 Å². The number of nitrogens with zero attached hydrogens (tertiary/aromatic N) is 1. The van der Waals surface area contributed by atoms with Crippen molar-refractivity contribution in [3.8, 4) is 5.75 Å². The molecule has 1 aromatic rings. The zero-order valence-corrected chi connectivity index (χ0v) is 21.0. The maximum absolute atomic E-state index is 12.1. The molecule has 0 aliphatic heterocycles. The number of ether oxygens (including phenoxy) is 1. The van der Waals surface area contributed by atoms with Gasteiger partial charge < -0.3 is 14.7 Å². The standard InChI is InChI=1S/C28H49NO3/c1-3-4-5-6-7-8-9-10-11-12-13-14-15-16-17-18-25-32-27-21-19-26(20-22-27)28(31)29(2)23-24-30/h19-22,30H,3-18,23-25H2,1-2H3. The van der Waals surface area contributed by atoms with Crippen molar-refractivity contribution in [3.63, 3.8) is 0 Å². The molecule has 32 heavy (non-hydrogen) atoms. The lowest BCUT2D eigenvalue weighted by Gasteiger charge is -2.15. The first-order chi connectivity index (χ1) is 15.7. The Morgan fingerprint density at radius 2 is 1.19 bits per heavy atom. The zero-order chi connectivity index (χ0) is 23.3. The second kappa shape index (κ2) is 20.1. The second-order valence-electron chi connectivity index (χ2n) is 9.13. The molecule has 0 unspecified atom stereocenters. The third kappa shape index (κ3) is 14.5. The molecule has 1 rings (SSSR count). The van der Waals surface area contributed by atoms with Crippen LogP contribution < -0.4 is 4.74 Å². The molecule has 0 atom stereocenters. The van der Waals surface area contributed by atoms with Gasteiger partial charge >= 0.3 is 0 Å². The van der Waals surface area contributed by atoms with Crippen LogP contribution in [0.25, 0.3) is 0 Å². The van der Waals surface area contributed by atoms with Gasteiger partial charge in [0.2, 0.25) is 0 Å². The Kier molecular flexibility index (Phi) is 17.9. The summed E-state index contributed by atoms with van der Waals surface area (Å²) in [4.78, 5) is 13.7. The van der Waals surface area contributed by atoms with Crippen molar-refractivity contribution in [2.45, 2.75) is 110 Å². The van der Waals surface area contributed by atoms with E-state index in [2.05, 4.69) is 6.92 Å². The van der Waals surface area contributed by atoms with Gasteiger partial charge in [-0.3, -0.25) is 4.79 Å². The van der Waals surface area contributed by atoms with Crippen LogP contribution in [0.1, 0.15) is 120 Å². The first-order valence-electron chi connectivity index (χ1n) is 13.3. The molecule has 1 amide bonds. The summed E-state index contributed by atoms with van der Waals surface area (Å²) in [5, 5.41) is 8.94. The number of hydrogen-bond donors (Lipinski definition) is 1. The van der Waals surface area contributed by atoms with E-state index in [1.807, 2.05) is 12.1 Å². The molecule has 0 saturated carbocycles. The van der Waals surface area contributed by atoms with E-state index in [9.17, 15) is 4.79 Å². The molecule has 4 nitrogen and oxygen atoms in total. The minimum absolute atomic E-state index is 0.0251. The first-order valence-corrected chi connectivity index (χ1v) is 13.3. The van der Waals surface area contributed by atoms with Crippen molar-refractivity contribution in [2.24, 2.45) is 0 Å². The molecule has 0 aromatic heterocycles. The van der Waals surface area contributed by atoms with Crippen LogP contribution in [0.3, 0.4) is 0 Å². The minimum atomic E-state index is -0.0802. The SMILES string of the molecule is CCCCCCCCCCCCCCCCCCOc1ccc(C(=O)N(C)CCO)cc1. The normalized spacial score (nSPS) is 11.0. The molecular formula is C28H49NO3. The van der Waals surface area contributed by atoms with E-state index in [-0.39, 0.29) is 12.5 Å². The number of hydrogen-bond acceptors (Lipinski definition) is 3. The van der Waals surface area contributed by atoms with Crippen LogP contribution in [0.4, 0.5) is 0 Å². The van der Waals surface area contributed by atoms with Crippen LogP contribution in [0.2, 0.25) is 0 Å². The smallest absolute Gasteiger partial charge is 0.253 e. The molecule has 0 radical (unpaired) electrons. The fourth-order valence-electron chi connectivity index (χ4n) is 4.01. The van der Waals surface area contributed by atoms with Gasteiger partial charge in [-0.25, -0.2) is 0 Å². The fraction of sp³-hybridized carbons (Fsp3) is 0.750. The van der Waals surface area contributed by atoms with Crippen molar-refractivity contribution in [1.82, 2.24) is 4.90 Å². The third-order valence-corrected chi connectivity index (χ3v) is 6.15. The molecule has 0 bridgehead atoms. The van der Waals surface area contributed by atoms with E-state index < -0.39 is 0 Å². The number of benzene rings is 1. The molecular weight excluding hydrogens is 398 g/mol. The molecule has 184 valence electrons. The zero-order valence-electron chi connectivity index (χ0n) is 21.0. The monoisotopic (exact) mass is 447 g/mol. The molecule has 0 aliphatic carbocycles. The van der Waals surface area contributed by atoms with E-state index in [1.54, 1.807) is 19.2 Å². The van der Waals surface area contributed by atoms with E-state index >= 15 is 0 Å². The van der Waals surface area contributed by atoms with Gasteiger partial charge in [-0.05, 0) is 30.7 Å². The third-order valence-electron chi connectivity index (χ3n) is 6.15. The summed E-state index contributed by atoms with van der Waals surface area (Å²) in [6.45, 7) is 3.33. The predicted molar refractivity (Wildman–Crippen MR) is 136 cm³/mol. The number of amides is 1. The fourth-order valence-corrected chi connectivity index (χ4v) is 4.01. The highest BCUT2D eigenvalue weighted by atomic mass is 16.5. The molecule has 0 heterocycles. The minimum Gasteiger partial charge on any atom is -0.494 e. The lowest BCUT2D eigenvalue weighted by molar-refractivity contribution is 0.0767. The van der Waals surface area contributed by atoms with E-state index in [0.717, 1.165) is 18.8 Å². The number of likely N-dealkylation sites (N-methyl/N-ethyl adjacent to an activating group) is 1. The Hall–Kier alpha value is -1.55. The summed E-state index contributed by atoms with van der Waals surface area (Å²) < 4.78 is 5.80. The largest absolute Gasteiger partial charge is 0.494 e. The average Bonchev–Trinajstić information content (AvgIpc) is 2.81. The number of aliphatic hydroxyl groups is 1. The molecule has 1 N–H and O–H groups in total. The summed E-state index contributed by atoms with van der Waals surface area (Å²) in [5.41, 5.74) is 0.621. The maximum Gasteiger partial charge on any atom is 0.253 e. The Balaban J connectivity index is 1.90. The Bertz CT molecular complexity index is 558. The summed E-state index contributed by atoms with van der Waals surface area (Å²) in [7, 11) is 1.69. The summed E-state index contributed by atoms with van der Waals surface area (Å²) in [5.74, 6) is 0.732. The number of unbranched alkanes of at least 4 members (excludes halogenated alkanes) is 15. The van der Waals surface area contributed by atoms with Gasteiger partial charge in [-0.15, -0.1) is 0 Å². The molecule has 0 spiro atoms. The van der Waals surface area contributed by atoms with Crippen LogP contribution in [0.5, 0.6) is 5.75 Å². The van der Waals surface area contributed by atoms with Gasteiger partial charge in [0.1, 0.15) is 5.75 Å². The molecule has 0 aliphatic rings. The maximum atomic E-state index is 12.1. The van der Waals surface area contributed by atoms with Gasteiger partial charge in [0.25, 0.3) is 5.91 Å². The summed E-state index contributed by atoms with van der Waals surface area (Å²) in [6.07, 6.45) is 21.9. The van der Waals surface area contributed by atoms with Crippen LogP contribution in [-0.2, 0) is 0 Å². The highest BCUT2D eigenvalue weighted by molar-refractivity contribution is 5.94. The molecule has 0 fully saturated rings. The van der Waals surface area contributed by atoms with Gasteiger partial charge in [0.15, 0.2) is 0 Å². The summed E-state index contributed by atoms with van der Waals surface area (Å²) >= 11 is 0. The lowest BCUT2D eigenvalue weighted by atomic mass is 10.0. The lowest BCUT2D eigenvalue weighted by Crippen LogP contribution is -2.29. The van der Waals surface area contributed by atoms with E-state index in [4.69, 9.17) is 9.84 Å². The average molecular weight is 448 g/mol. The Morgan fingerprint density at radius 3 is 1.62 bits per heavy atom. The topological polar surface area (TPSA) is 49.8 Å². The second-order valence-corrected chi connectivity index (χ2v) is 9.13. The van der Waals surface area contributed by atoms with Crippen molar-refractivity contribution < 1.29 is 14.6 Å². The Morgan fingerprint density at radius 1 is 0.750 bits per heavy atom. The van der Waals surface area contributed by atoms with Crippen molar-refractivity contribution >= 4 is 5.91 Å². The molecule has 4 heteroatoms. The highest BCUT2D eigenvalue weighted by Crippen LogP contribution is 2.16. The van der Waals surface area contributed by atoms with Crippen molar-refractivity contribution in [2.75, 3.05) is 26.8 Å². The predicted octanol–water partition coefficient (Wildman–Crippen LogP) is 7.39. The number of carbonyl (C=O) groups excluding carboxylic acids is 1. The van der Waals surface area contributed by atoms with Crippen molar-refractivity contribution in [1.29, 1.82) is 0 Å². The van der Waals surface area contributed by atoms with Crippen LogP contribution in [-0.4, -0.2) is 42.7 Å². The number of rotatable bonds is 21. The van der Waals surface area contributed by atoms with Crippen molar-refractivity contribution in [3.05, 3.63) is 29.8 Å². The summed E-state index contributed by atoms with van der Waals surface area (Å²) in [6, 6.07) is 7.29. The van der Waals surface area contributed by atoms with Crippen LogP contribution >= 0.6 is 0 Å². The van der Waals surface area contributed by atoms with Crippen LogP contribution in [0, 0.1) is 0 Å². The quantitative estimate of drug-likeness (QED) is 0.200. The molecule has 0 saturated heterocycles. The van der Waals surface area contributed by atoms with Gasteiger partial charge in [-0.1, -0.05) is 103 Å². The van der Waals surface area contributed by atoms with Gasteiger partial charge in [0, 0.05) is 19.2 Å². The van der Waals surface area contributed by atoms with Gasteiger partial charge in [-0.2, -0.15) is 0 Å². The number of aliphatic hydroxyl groups excluding tert-OH is 1. The number of carbonyl (C=O) groups is 1. The van der Waals surface area contributed by atoms with E-state index in [1.165, 1.54) is 101 Å². The molecule has 1 aromatic carbocycles. The Labute approximate surface area is 197 Å². The highest BCUT2D eigenvalue weighted by Gasteiger charge is 2.10.